The van der Waals surface area contributed by atoms with Crippen molar-refractivity contribution in [3.8, 4) is 0 Å². The largest absolute Gasteiger partial charge is 0.462 e. The van der Waals surface area contributed by atoms with Gasteiger partial charge in [-0.15, -0.1) is 0 Å². The zero-order valence-electron chi connectivity index (χ0n) is 14.1. The average Bonchev–Trinajstić information content (AvgIpc) is 2.44. The van der Waals surface area contributed by atoms with Crippen molar-refractivity contribution in [2.24, 2.45) is 0 Å². The molecule has 5 heteroatoms. The molecular formula is C17H24O4Si. The van der Waals surface area contributed by atoms with Gasteiger partial charge in [0.1, 0.15) is 6.29 Å². The fourth-order valence-corrected chi connectivity index (χ4v) is 2.42. The molecule has 120 valence electrons. The number of carbonyl (C=O) groups excluding carboxylic acids is 2. The van der Waals surface area contributed by atoms with Gasteiger partial charge in [0, 0.05) is 5.56 Å². The maximum atomic E-state index is 11.9. The lowest BCUT2D eigenvalue weighted by molar-refractivity contribution is 0.0525. The molecule has 0 atom stereocenters. The Morgan fingerprint density at radius 1 is 1.18 bits per heavy atom. The molecule has 1 aromatic rings. The molecule has 0 saturated heterocycles. The van der Waals surface area contributed by atoms with Crippen LogP contribution in [-0.2, 0) is 14.8 Å². The molecule has 0 unspecified atom stereocenters. The third-order valence-electron chi connectivity index (χ3n) is 2.91. The van der Waals surface area contributed by atoms with E-state index < -0.39 is 11.6 Å². The van der Waals surface area contributed by atoms with Gasteiger partial charge in [0.2, 0.25) is 9.76 Å². The minimum absolute atomic E-state index is 0.0590. The molecule has 1 aromatic carbocycles. The van der Waals surface area contributed by atoms with Gasteiger partial charge < -0.3 is 9.16 Å². The van der Waals surface area contributed by atoms with Gasteiger partial charge in [-0.05, 0) is 49.6 Å². The summed E-state index contributed by atoms with van der Waals surface area (Å²) in [4.78, 5) is 23.1. The molecule has 0 spiro atoms. The molecule has 0 aliphatic carbocycles. The number of carbonyl (C=O) groups is 2. The van der Waals surface area contributed by atoms with Crippen LogP contribution >= 0.6 is 0 Å². The number of benzene rings is 1. The highest BCUT2D eigenvalue weighted by Gasteiger charge is 2.26. The van der Waals surface area contributed by atoms with Crippen molar-refractivity contribution in [1.29, 1.82) is 0 Å². The van der Waals surface area contributed by atoms with E-state index >= 15 is 0 Å². The first kappa shape index (κ1) is 18.6. The maximum absolute atomic E-state index is 11.9. The van der Waals surface area contributed by atoms with E-state index in [0.29, 0.717) is 27.5 Å². The molecule has 0 N–H and O–H groups in total. The zero-order valence-corrected chi connectivity index (χ0v) is 15.1. The smallest absolute Gasteiger partial charge is 0.338 e. The fraction of sp³-hybridized carbons (Fsp3) is 0.529. The molecular weight excluding hydrogens is 296 g/mol. The predicted molar refractivity (Wildman–Crippen MR) is 87.4 cm³/mol. The molecule has 0 aliphatic heterocycles. The minimum Gasteiger partial charge on any atom is -0.462 e. The Labute approximate surface area is 135 Å². The zero-order chi connectivity index (χ0) is 17.0. The van der Waals surface area contributed by atoms with Gasteiger partial charge in [-0.2, -0.15) is 0 Å². The Hall–Kier alpha value is -1.46. The molecule has 4 nitrogen and oxygen atoms in total. The normalized spacial score (nSPS) is 12.1. The lowest BCUT2D eigenvalue weighted by atomic mass is 9.94. The lowest BCUT2D eigenvalue weighted by Gasteiger charge is -2.30. The summed E-state index contributed by atoms with van der Waals surface area (Å²) in [5.74, 6) is -0.429. The van der Waals surface area contributed by atoms with Crippen LogP contribution in [0, 0.1) is 0 Å². The topological polar surface area (TPSA) is 52.6 Å². The van der Waals surface area contributed by atoms with Crippen molar-refractivity contribution >= 4 is 22.0 Å². The lowest BCUT2D eigenvalue weighted by Crippen LogP contribution is -2.28. The first-order valence-corrected chi connectivity index (χ1v) is 8.23. The Balaban J connectivity index is 3.13. The quantitative estimate of drug-likeness (QED) is 0.455. The summed E-state index contributed by atoms with van der Waals surface area (Å²) in [5, 5.41) is 0.0590. The standard InChI is InChI=1S/C17H24O4Si/c1-7-20-15(19)13-8-12(11-18)9-14(10-13)17(5,6)21-22-16(2,3)4/h8-11H,7H2,1-6H3. The molecule has 0 amide bonds. The van der Waals surface area contributed by atoms with E-state index in [0.717, 1.165) is 11.8 Å². The minimum atomic E-state index is -0.591. The van der Waals surface area contributed by atoms with Gasteiger partial charge in [0.05, 0.1) is 17.8 Å². The Morgan fingerprint density at radius 3 is 2.32 bits per heavy atom. The van der Waals surface area contributed by atoms with Crippen LogP contribution in [-0.4, -0.2) is 28.6 Å². The highest BCUT2D eigenvalue weighted by atomic mass is 28.2. The summed E-state index contributed by atoms with van der Waals surface area (Å²) < 4.78 is 11.0. The van der Waals surface area contributed by atoms with E-state index in [-0.39, 0.29) is 5.04 Å². The number of esters is 1. The number of aldehydes is 1. The van der Waals surface area contributed by atoms with E-state index in [2.05, 4.69) is 20.8 Å². The van der Waals surface area contributed by atoms with E-state index in [1.54, 1.807) is 19.1 Å². The van der Waals surface area contributed by atoms with E-state index in [1.807, 2.05) is 13.8 Å². The number of rotatable bonds is 6. The highest BCUT2D eigenvalue weighted by Crippen LogP contribution is 2.30. The number of ether oxygens (including phenoxy) is 1. The van der Waals surface area contributed by atoms with Crippen LogP contribution in [0.15, 0.2) is 18.2 Å². The summed E-state index contributed by atoms with van der Waals surface area (Å²) >= 11 is 0. The van der Waals surface area contributed by atoms with Gasteiger partial charge in [-0.1, -0.05) is 20.8 Å². The first-order valence-electron chi connectivity index (χ1n) is 7.32. The molecule has 2 radical (unpaired) electrons. The molecule has 1 rings (SSSR count). The molecule has 22 heavy (non-hydrogen) atoms. The molecule has 0 bridgehead atoms. The SMILES string of the molecule is CCOC(=O)c1cc(C=O)cc(C(C)(C)O[Si]C(C)(C)C)c1. The van der Waals surface area contributed by atoms with Crippen LogP contribution in [0.4, 0.5) is 0 Å². The monoisotopic (exact) mass is 320 g/mol. The summed E-state index contributed by atoms with van der Waals surface area (Å²) in [6, 6.07) is 5.03. The van der Waals surface area contributed by atoms with Crippen molar-refractivity contribution in [3.63, 3.8) is 0 Å². The Kier molecular flexibility index (Phi) is 6.08. The van der Waals surface area contributed by atoms with Crippen LogP contribution in [0.3, 0.4) is 0 Å². The fourth-order valence-electron chi connectivity index (χ4n) is 1.74. The molecule has 0 heterocycles. The van der Waals surface area contributed by atoms with Crippen LogP contribution in [0.5, 0.6) is 0 Å². The van der Waals surface area contributed by atoms with Crippen molar-refractivity contribution < 1.29 is 18.8 Å². The third-order valence-corrected chi connectivity index (χ3v) is 4.13. The molecule has 0 fully saturated rings. The van der Waals surface area contributed by atoms with Gasteiger partial charge in [-0.25, -0.2) is 4.79 Å². The van der Waals surface area contributed by atoms with Crippen molar-refractivity contribution in [2.45, 2.75) is 52.2 Å². The van der Waals surface area contributed by atoms with E-state index in [1.165, 1.54) is 6.07 Å². The van der Waals surface area contributed by atoms with Crippen molar-refractivity contribution in [3.05, 3.63) is 34.9 Å². The van der Waals surface area contributed by atoms with Gasteiger partial charge in [0.15, 0.2) is 0 Å². The second kappa shape index (κ2) is 7.20. The van der Waals surface area contributed by atoms with Gasteiger partial charge >= 0.3 is 5.97 Å². The summed E-state index contributed by atoms with van der Waals surface area (Å²) in [7, 11) is 0.303. The van der Waals surface area contributed by atoms with Crippen molar-refractivity contribution in [2.75, 3.05) is 6.61 Å². The third kappa shape index (κ3) is 5.39. The van der Waals surface area contributed by atoms with E-state index in [4.69, 9.17) is 9.16 Å². The Bertz CT molecular complexity index is 544. The molecule has 0 aromatic heterocycles. The highest BCUT2D eigenvalue weighted by molar-refractivity contribution is 6.31. The summed E-state index contributed by atoms with van der Waals surface area (Å²) in [5.41, 5.74) is 1.01. The molecule has 0 saturated carbocycles. The van der Waals surface area contributed by atoms with Crippen LogP contribution in [0.2, 0.25) is 5.04 Å². The molecule has 0 aliphatic rings. The van der Waals surface area contributed by atoms with E-state index in [9.17, 15) is 9.59 Å². The van der Waals surface area contributed by atoms with Crippen LogP contribution in [0.25, 0.3) is 0 Å². The first-order chi connectivity index (χ1) is 10.1. The summed E-state index contributed by atoms with van der Waals surface area (Å²) in [6.07, 6.45) is 0.731. The Morgan fingerprint density at radius 2 is 1.82 bits per heavy atom. The maximum Gasteiger partial charge on any atom is 0.338 e. The number of hydrogen-bond acceptors (Lipinski definition) is 4. The average molecular weight is 320 g/mol. The van der Waals surface area contributed by atoms with Crippen LogP contribution < -0.4 is 0 Å². The predicted octanol–water partition coefficient (Wildman–Crippen LogP) is 3.77. The van der Waals surface area contributed by atoms with Crippen LogP contribution in [0.1, 0.15) is 67.8 Å². The van der Waals surface area contributed by atoms with Gasteiger partial charge in [-0.3, -0.25) is 4.79 Å². The van der Waals surface area contributed by atoms with Crippen molar-refractivity contribution in [1.82, 2.24) is 0 Å². The van der Waals surface area contributed by atoms with Gasteiger partial charge in [0.25, 0.3) is 0 Å². The second-order valence-electron chi connectivity index (χ2n) is 6.65. The second-order valence-corrected chi connectivity index (χ2v) is 8.55. The number of hydrogen-bond donors (Lipinski definition) is 0. The summed E-state index contributed by atoms with van der Waals surface area (Å²) in [6.45, 7) is 12.2.